The number of rotatable bonds is 3. The molecule has 1 aliphatic carbocycles. The van der Waals surface area contributed by atoms with E-state index in [4.69, 9.17) is 0 Å². The quantitative estimate of drug-likeness (QED) is 0.685. The summed E-state index contributed by atoms with van der Waals surface area (Å²) in [5.74, 6) is 1.000. The first-order chi connectivity index (χ1) is 14.1. The van der Waals surface area contributed by atoms with Gasteiger partial charge in [-0.1, -0.05) is 0 Å². The fraction of sp³-hybridized carbons (Fsp3) is 0.455. The van der Waals surface area contributed by atoms with Crippen molar-refractivity contribution >= 4 is 22.4 Å². The second-order valence-corrected chi connectivity index (χ2v) is 8.25. The molecule has 7 heteroatoms. The van der Waals surface area contributed by atoms with Gasteiger partial charge in [-0.2, -0.15) is 5.10 Å². The first-order valence-corrected chi connectivity index (χ1v) is 10.5. The van der Waals surface area contributed by atoms with Crippen LogP contribution in [0.5, 0.6) is 0 Å². The van der Waals surface area contributed by atoms with Gasteiger partial charge < -0.3 is 9.80 Å². The van der Waals surface area contributed by atoms with Crippen LogP contribution in [0.4, 0.5) is 11.5 Å². The second kappa shape index (κ2) is 7.13. The van der Waals surface area contributed by atoms with E-state index in [-0.39, 0.29) is 11.6 Å². The number of aromatic nitrogens is 4. The summed E-state index contributed by atoms with van der Waals surface area (Å²) in [5.41, 5.74) is 4.44. The van der Waals surface area contributed by atoms with E-state index in [2.05, 4.69) is 31.0 Å². The molecule has 0 unspecified atom stereocenters. The number of fused-ring (bicyclic) bond motifs is 2. The fourth-order valence-corrected chi connectivity index (χ4v) is 4.35. The Balaban J connectivity index is 1.33. The summed E-state index contributed by atoms with van der Waals surface area (Å²) in [4.78, 5) is 21.8. The molecule has 3 aromatic rings. The Morgan fingerprint density at radius 3 is 2.55 bits per heavy atom. The zero-order valence-corrected chi connectivity index (χ0v) is 17.0. The molecule has 0 bridgehead atoms. The van der Waals surface area contributed by atoms with Crippen LogP contribution < -0.4 is 15.4 Å². The summed E-state index contributed by atoms with van der Waals surface area (Å²) in [5, 5.41) is 9.56. The van der Waals surface area contributed by atoms with E-state index in [0.29, 0.717) is 5.39 Å². The molecule has 1 aliphatic heterocycles. The van der Waals surface area contributed by atoms with Crippen molar-refractivity contribution in [3.8, 4) is 0 Å². The Morgan fingerprint density at radius 2 is 1.76 bits per heavy atom. The molecular formula is C22H26N6O. The van der Waals surface area contributed by atoms with Gasteiger partial charge in [-0.15, -0.1) is 5.10 Å². The van der Waals surface area contributed by atoms with Crippen LogP contribution >= 0.6 is 0 Å². The molecule has 7 nitrogen and oxygen atoms in total. The van der Waals surface area contributed by atoms with E-state index in [9.17, 15) is 4.79 Å². The van der Waals surface area contributed by atoms with E-state index >= 15 is 0 Å². The smallest absolute Gasteiger partial charge is 0.261 e. The Labute approximate surface area is 170 Å². The van der Waals surface area contributed by atoms with Crippen LogP contribution in [-0.4, -0.2) is 45.9 Å². The third-order valence-electron chi connectivity index (χ3n) is 6.10. The molecule has 0 atom stereocenters. The van der Waals surface area contributed by atoms with Crippen molar-refractivity contribution in [1.82, 2.24) is 19.7 Å². The number of hydrogen-bond donors (Lipinski definition) is 0. The highest BCUT2D eigenvalue weighted by atomic mass is 16.1. The second-order valence-electron chi connectivity index (χ2n) is 8.25. The van der Waals surface area contributed by atoms with E-state index in [1.165, 1.54) is 17.7 Å². The summed E-state index contributed by atoms with van der Waals surface area (Å²) >= 11 is 0. The molecule has 2 aromatic heterocycles. The predicted octanol–water partition coefficient (Wildman–Crippen LogP) is 2.58. The molecule has 1 aromatic carbocycles. The zero-order chi connectivity index (χ0) is 20.0. The van der Waals surface area contributed by atoms with Crippen molar-refractivity contribution in [2.75, 3.05) is 36.0 Å². The van der Waals surface area contributed by atoms with E-state index in [1.807, 2.05) is 32.0 Å². The minimum Gasteiger partial charge on any atom is -0.368 e. The van der Waals surface area contributed by atoms with Gasteiger partial charge in [-0.3, -0.25) is 9.36 Å². The van der Waals surface area contributed by atoms with Crippen LogP contribution in [0.2, 0.25) is 0 Å². The van der Waals surface area contributed by atoms with Gasteiger partial charge in [-0.05, 0) is 62.9 Å². The number of nitrogens with zero attached hydrogens (tertiary/aromatic N) is 6. The lowest BCUT2D eigenvalue weighted by atomic mass is 10.2. The minimum atomic E-state index is 0.0246. The third kappa shape index (κ3) is 3.24. The molecule has 1 fully saturated rings. The summed E-state index contributed by atoms with van der Waals surface area (Å²) in [6.45, 7) is 7.63. The van der Waals surface area contributed by atoms with Crippen LogP contribution in [0.3, 0.4) is 0 Å². The molecule has 29 heavy (non-hydrogen) atoms. The molecule has 150 valence electrons. The molecule has 1 saturated heterocycles. The average molecular weight is 390 g/mol. The summed E-state index contributed by atoms with van der Waals surface area (Å²) in [7, 11) is 0. The molecule has 0 amide bonds. The SMILES string of the molecule is CC(C)n1cnc2cc(N3CCN(c4cc5c(nn4)CCC5)CC3)ccc2c1=O. The van der Waals surface area contributed by atoms with E-state index in [1.54, 1.807) is 10.9 Å². The fourth-order valence-electron chi connectivity index (χ4n) is 4.35. The minimum absolute atomic E-state index is 0.0246. The Hall–Kier alpha value is -2.96. The molecule has 5 rings (SSSR count). The molecule has 0 N–H and O–H groups in total. The van der Waals surface area contributed by atoms with Crippen LogP contribution in [0.15, 0.2) is 35.4 Å². The number of hydrogen-bond acceptors (Lipinski definition) is 6. The summed E-state index contributed by atoms with van der Waals surface area (Å²) in [6.07, 6.45) is 5.04. The van der Waals surface area contributed by atoms with Gasteiger partial charge in [0.2, 0.25) is 0 Å². The van der Waals surface area contributed by atoms with Gasteiger partial charge in [0.15, 0.2) is 5.82 Å². The molecule has 2 aliphatic rings. The maximum atomic E-state index is 12.6. The molecular weight excluding hydrogens is 364 g/mol. The number of piperazine rings is 1. The summed E-state index contributed by atoms with van der Waals surface area (Å²) in [6, 6.07) is 8.32. The van der Waals surface area contributed by atoms with Crippen molar-refractivity contribution in [2.24, 2.45) is 0 Å². The highest BCUT2D eigenvalue weighted by Crippen LogP contribution is 2.25. The van der Waals surface area contributed by atoms with Gasteiger partial charge in [0.05, 0.1) is 22.9 Å². The lowest BCUT2D eigenvalue weighted by Crippen LogP contribution is -2.47. The molecule has 0 saturated carbocycles. The Bertz CT molecular complexity index is 1110. The van der Waals surface area contributed by atoms with E-state index < -0.39 is 0 Å². The molecule has 0 radical (unpaired) electrons. The standard InChI is InChI=1S/C22H26N6O/c1-15(2)28-14-23-20-13-17(6-7-18(20)22(28)29)26-8-10-27(11-9-26)21-12-16-4-3-5-19(16)24-25-21/h6-7,12-15H,3-5,8-11H2,1-2H3. The maximum Gasteiger partial charge on any atom is 0.261 e. The number of benzene rings is 1. The number of aryl methyl sites for hydroxylation is 2. The normalized spacial score (nSPS) is 16.7. The topological polar surface area (TPSA) is 67.2 Å². The zero-order valence-electron chi connectivity index (χ0n) is 17.0. The van der Waals surface area contributed by atoms with E-state index in [0.717, 1.165) is 56.0 Å². The van der Waals surface area contributed by atoms with Crippen molar-refractivity contribution in [2.45, 2.75) is 39.2 Å². The summed E-state index contributed by atoms with van der Waals surface area (Å²) < 4.78 is 1.68. The van der Waals surface area contributed by atoms with Gasteiger partial charge in [0.25, 0.3) is 5.56 Å². The monoisotopic (exact) mass is 390 g/mol. The third-order valence-corrected chi connectivity index (χ3v) is 6.10. The van der Waals surface area contributed by atoms with Gasteiger partial charge >= 0.3 is 0 Å². The lowest BCUT2D eigenvalue weighted by Gasteiger charge is -2.36. The maximum absolute atomic E-state index is 12.6. The van der Waals surface area contributed by atoms with Crippen LogP contribution in [0, 0.1) is 0 Å². The van der Waals surface area contributed by atoms with Crippen molar-refractivity contribution in [3.63, 3.8) is 0 Å². The van der Waals surface area contributed by atoms with Crippen molar-refractivity contribution < 1.29 is 0 Å². The first kappa shape index (κ1) is 18.1. The van der Waals surface area contributed by atoms with Gasteiger partial charge in [-0.25, -0.2) is 4.98 Å². The number of anilines is 2. The Kier molecular flexibility index (Phi) is 4.45. The van der Waals surface area contributed by atoms with Crippen LogP contribution in [-0.2, 0) is 12.8 Å². The largest absolute Gasteiger partial charge is 0.368 e. The predicted molar refractivity (Wildman–Crippen MR) is 115 cm³/mol. The lowest BCUT2D eigenvalue weighted by molar-refractivity contribution is 0.573. The molecule has 0 spiro atoms. The first-order valence-electron chi connectivity index (χ1n) is 10.5. The van der Waals surface area contributed by atoms with Crippen molar-refractivity contribution in [3.05, 3.63) is 52.2 Å². The average Bonchev–Trinajstić information content (AvgIpc) is 3.21. The highest BCUT2D eigenvalue weighted by molar-refractivity contribution is 5.81. The van der Waals surface area contributed by atoms with Gasteiger partial charge in [0.1, 0.15) is 0 Å². The Morgan fingerprint density at radius 1 is 0.966 bits per heavy atom. The van der Waals surface area contributed by atoms with Crippen molar-refractivity contribution in [1.29, 1.82) is 0 Å². The highest BCUT2D eigenvalue weighted by Gasteiger charge is 2.21. The van der Waals surface area contributed by atoms with Crippen LogP contribution in [0.25, 0.3) is 10.9 Å². The van der Waals surface area contributed by atoms with Crippen LogP contribution in [0.1, 0.15) is 37.6 Å². The molecule has 3 heterocycles. The van der Waals surface area contributed by atoms with Gasteiger partial charge in [0, 0.05) is 37.9 Å².